The fraction of sp³-hybridized carbons (Fsp3) is 0.185. The Kier molecular flexibility index (Phi) is 6.82. The minimum atomic E-state index is -0.193. The lowest BCUT2D eigenvalue weighted by Crippen LogP contribution is -2.13. The molecule has 0 saturated carbocycles. The molecule has 34 heavy (non-hydrogen) atoms. The Labute approximate surface area is 199 Å². The number of anilines is 2. The summed E-state index contributed by atoms with van der Waals surface area (Å²) in [5.41, 5.74) is 5.93. The SMILES string of the molecule is COc1cc(-c2cncc(N[C@@H](C)c3cccc(NC(=O)c4cncc(C)c4)c3)n2)ccc1C. The number of hydrogen-bond acceptors (Lipinski definition) is 6. The van der Waals surface area contributed by atoms with E-state index < -0.39 is 0 Å². The van der Waals surface area contributed by atoms with Gasteiger partial charge in [0.05, 0.1) is 36.8 Å². The number of benzene rings is 2. The van der Waals surface area contributed by atoms with Crippen molar-refractivity contribution in [3.05, 3.63) is 95.6 Å². The van der Waals surface area contributed by atoms with Crippen LogP contribution in [0.25, 0.3) is 11.3 Å². The van der Waals surface area contributed by atoms with Crippen LogP contribution >= 0.6 is 0 Å². The van der Waals surface area contributed by atoms with Crippen molar-refractivity contribution in [3.8, 4) is 17.0 Å². The van der Waals surface area contributed by atoms with Gasteiger partial charge in [-0.3, -0.25) is 14.8 Å². The zero-order valence-corrected chi connectivity index (χ0v) is 19.7. The first kappa shape index (κ1) is 22.9. The highest BCUT2D eigenvalue weighted by molar-refractivity contribution is 6.04. The number of nitrogens with zero attached hydrogens (tertiary/aromatic N) is 3. The van der Waals surface area contributed by atoms with Gasteiger partial charge in [-0.25, -0.2) is 4.98 Å². The van der Waals surface area contributed by atoms with Crippen molar-refractivity contribution in [1.82, 2.24) is 15.0 Å². The lowest BCUT2D eigenvalue weighted by molar-refractivity contribution is 0.102. The summed E-state index contributed by atoms with van der Waals surface area (Å²) < 4.78 is 5.44. The first-order chi connectivity index (χ1) is 16.4. The van der Waals surface area contributed by atoms with Gasteiger partial charge in [0.1, 0.15) is 11.6 Å². The highest BCUT2D eigenvalue weighted by atomic mass is 16.5. The van der Waals surface area contributed by atoms with Crippen LogP contribution in [0.3, 0.4) is 0 Å². The van der Waals surface area contributed by atoms with Crippen LogP contribution in [-0.4, -0.2) is 28.0 Å². The number of ether oxygens (including phenoxy) is 1. The van der Waals surface area contributed by atoms with E-state index in [-0.39, 0.29) is 11.9 Å². The van der Waals surface area contributed by atoms with Crippen LogP contribution in [0.15, 0.2) is 73.3 Å². The molecule has 7 heteroatoms. The Hall–Kier alpha value is -4.26. The molecule has 2 aromatic heterocycles. The molecule has 0 bridgehead atoms. The second-order valence-electron chi connectivity index (χ2n) is 8.17. The molecule has 0 spiro atoms. The molecule has 4 aromatic rings. The van der Waals surface area contributed by atoms with E-state index in [0.717, 1.165) is 33.7 Å². The molecular weight excluding hydrogens is 426 g/mol. The number of aryl methyl sites for hydroxylation is 2. The molecule has 0 unspecified atom stereocenters. The van der Waals surface area contributed by atoms with Crippen LogP contribution in [0.1, 0.15) is 40.0 Å². The predicted molar refractivity (Wildman–Crippen MR) is 134 cm³/mol. The lowest BCUT2D eigenvalue weighted by atomic mass is 10.1. The summed E-state index contributed by atoms with van der Waals surface area (Å²) in [5, 5.41) is 6.34. The molecule has 0 saturated heterocycles. The van der Waals surface area contributed by atoms with Crippen LogP contribution in [0, 0.1) is 13.8 Å². The van der Waals surface area contributed by atoms with Crippen molar-refractivity contribution in [2.24, 2.45) is 0 Å². The Morgan fingerprint density at radius 1 is 0.971 bits per heavy atom. The van der Waals surface area contributed by atoms with Gasteiger partial charge in [0.25, 0.3) is 5.91 Å². The Balaban J connectivity index is 1.48. The Morgan fingerprint density at radius 3 is 2.59 bits per heavy atom. The Morgan fingerprint density at radius 2 is 1.79 bits per heavy atom. The maximum atomic E-state index is 12.6. The number of methoxy groups -OCH3 is 1. The van der Waals surface area contributed by atoms with Crippen molar-refractivity contribution in [1.29, 1.82) is 0 Å². The van der Waals surface area contributed by atoms with E-state index in [0.29, 0.717) is 17.1 Å². The zero-order chi connectivity index (χ0) is 24.1. The second-order valence-corrected chi connectivity index (χ2v) is 8.17. The monoisotopic (exact) mass is 453 g/mol. The van der Waals surface area contributed by atoms with Gasteiger partial charge in [-0.2, -0.15) is 0 Å². The van der Waals surface area contributed by atoms with Crippen LogP contribution in [0.4, 0.5) is 11.5 Å². The van der Waals surface area contributed by atoms with Gasteiger partial charge in [0.2, 0.25) is 0 Å². The first-order valence-corrected chi connectivity index (χ1v) is 11.0. The van der Waals surface area contributed by atoms with Crippen LogP contribution in [0.5, 0.6) is 5.75 Å². The molecule has 0 radical (unpaired) electrons. The summed E-state index contributed by atoms with van der Waals surface area (Å²) in [6, 6.07) is 15.4. The molecule has 2 aromatic carbocycles. The average molecular weight is 454 g/mol. The van der Waals surface area contributed by atoms with E-state index in [1.165, 1.54) is 0 Å². The number of carbonyl (C=O) groups excluding carboxylic acids is 1. The van der Waals surface area contributed by atoms with Gasteiger partial charge < -0.3 is 15.4 Å². The predicted octanol–water partition coefficient (Wildman–Crippen LogP) is 5.59. The van der Waals surface area contributed by atoms with Gasteiger partial charge in [-0.15, -0.1) is 0 Å². The molecule has 0 aliphatic heterocycles. The molecule has 0 aliphatic carbocycles. The second kappa shape index (κ2) is 10.1. The molecular formula is C27H27N5O2. The minimum Gasteiger partial charge on any atom is -0.496 e. The third-order valence-electron chi connectivity index (χ3n) is 5.48. The maximum absolute atomic E-state index is 12.6. The van der Waals surface area contributed by atoms with E-state index in [2.05, 4.69) is 20.6 Å². The molecule has 2 N–H and O–H groups in total. The van der Waals surface area contributed by atoms with E-state index >= 15 is 0 Å². The molecule has 1 atom stereocenters. The highest BCUT2D eigenvalue weighted by Gasteiger charge is 2.12. The van der Waals surface area contributed by atoms with Gasteiger partial charge in [0, 0.05) is 23.6 Å². The van der Waals surface area contributed by atoms with Crippen molar-refractivity contribution in [2.75, 3.05) is 17.7 Å². The van der Waals surface area contributed by atoms with Gasteiger partial charge in [-0.05, 0) is 61.7 Å². The molecule has 2 heterocycles. The number of pyridine rings is 1. The van der Waals surface area contributed by atoms with Gasteiger partial charge in [0.15, 0.2) is 0 Å². The smallest absolute Gasteiger partial charge is 0.257 e. The molecule has 4 rings (SSSR count). The minimum absolute atomic E-state index is 0.0606. The summed E-state index contributed by atoms with van der Waals surface area (Å²) in [7, 11) is 1.66. The van der Waals surface area contributed by atoms with Crippen molar-refractivity contribution in [3.63, 3.8) is 0 Å². The van der Waals surface area contributed by atoms with Crippen LogP contribution in [0.2, 0.25) is 0 Å². The first-order valence-electron chi connectivity index (χ1n) is 11.0. The van der Waals surface area contributed by atoms with E-state index in [1.54, 1.807) is 31.9 Å². The molecule has 172 valence electrons. The number of amides is 1. The number of rotatable bonds is 7. The van der Waals surface area contributed by atoms with Crippen LogP contribution in [-0.2, 0) is 0 Å². The summed E-state index contributed by atoms with van der Waals surface area (Å²) in [5.74, 6) is 1.28. The number of aromatic nitrogens is 3. The number of hydrogen-bond donors (Lipinski definition) is 2. The molecule has 0 aliphatic rings. The third-order valence-corrected chi connectivity index (χ3v) is 5.48. The largest absolute Gasteiger partial charge is 0.496 e. The summed E-state index contributed by atoms with van der Waals surface area (Å²) >= 11 is 0. The maximum Gasteiger partial charge on any atom is 0.257 e. The fourth-order valence-corrected chi connectivity index (χ4v) is 3.63. The van der Waals surface area contributed by atoms with Gasteiger partial charge >= 0.3 is 0 Å². The Bertz CT molecular complexity index is 1320. The van der Waals surface area contributed by atoms with E-state index in [4.69, 9.17) is 9.72 Å². The van der Waals surface area contributed by atoms with Gasteiger partial charge in [-0.1, -0.05) is 24.3 Å². The third kappa shape index (κ3) is 5.38. The normalized spacial score (nSPS) is 11.5. The summed E-state index contributed by atoms with van der Waals surface area (Å²) in [4.78, 5) is 25.8. The quantitative estimate of drug-likeness (QED) is 0.379. The fourth-order valence-electron chi connectivity index (χ4n) is 3.63. The average Bonchev–Trinajstić information content (AvgIpc) is 2.84. The summed E-state index contributed by atoms with van der Waals surface area (Å²) in [6.07, 6.45) is 6.71. The van der Waals surface area contributed by atoms with E-state index in [1.807, 2.05) is 69.3 Å². The molecule has 1 amide bonds. The molecule has 7 nitrogen and oxygen atoms in total. The lowest BCUT2D eigenvalue weighted by Gasteiger charge is -2.17. The highest BCUT2D eigenvalue weighted by Crippen LogP contribution is 2.27. The van der Waals surface area contributed by atoms with Crippen molar-refractivity contribution in [2.45, 2.75) is 26.8 Å². The number of nitrogens with one attached hydrogen (secondary N) is 2. The number of carbonyl (C=O) groups is 1. The van der Waals surface area contributed by atoms with E-state index in [9.17, 15) is 4.79 Å². The van der Waals surface area contributed by atoms with Crippen molar-refractivity contribution >= 4 is 17.4 Å². The summed E-state index contributed by atoms with van der Waals surface area (Å²) in [6.45, 7) is 5.95. The van der Waals surface area contributed by atoms with Crippen molar-refractivity contribution < 1.29 is 9.53 Å². The van der Waals surface area contributed by atoms with Crippen LogP contribution < -0.4 is 15.4 Å². The molecule has 0 fully saturated rings. The zero-order valence-electron chi connectivity index (χ0n) is 19.7. The standard InChI is InChI=1S/C27H27N5O2/c1-17-10-22(14-28-13-17)27(33)31-23-7-5-6-20(11-23)19(3)30-26-16-29-15-24(32-26)21-9-8-18(2)25(12-21)34-4/h5-16,19H,1-4H3,(H,30,32)(H,31,33)/t19-/m0/s1. The topological polar surface area (TPSA) is 89.0 Å².